The quantitative estimate of drug-likeness (QED) is 0.182. The van der Waals surface area contributed by atoms with E-state index in [9.17, 15) is 4.79 Å². The number of carbonyl (C=O) groups is 1. The lowest BCUT2D eigenvalue weighted by molar-refractivity contribution is -0.119. The van der Waals surface area contributed by atoms with Gasteiger partial charge in [0.25, 0.3) is 0 Å². The lowest BCUT2D eigenvalue weighted by Crippen LogP contribution is -2.34. The van der Waals surface area contributed by atoms with Crippen LogP contribution in [-0.4, -0.2) is 32.7 Å². The number of amides is 1. The Bertz CT molecular complexity index is 1570. The predicted octanol–water partition coefficient (Wildman–Crippen LogP) is 6.62. The Kier molecular flexibility index (Phi) is 6.89. The third-order valence-electron chi connectivity index (χ3n) is 6.94. The largest absolute Gasteiger partial charge is 0.353 e. The molecule has 1 atom stereocenters. The van der Waals surface area contributed by atoms with Crippen molar-refractivity contribution < 1.29 is 4.79 Å². The number of thioether (sulfide) groups is 1. The lowest BCUT2D eigenvalue weighted by atomic mass is 10.0. The van der Waals surface area contributed by atoms with Gasteiger partial charge in [-0.2, -0.15) is 0 Å². The first-order valence-electron chi connectivity index (χ1n) is 12.8. The van der Waals surface area contributed by atoms with E-state index in [1.165, 1.54) is 39.4 Å². The first-order valence-corrected chi connectivity index (χ1v) is 14.6. The molecule has 0 aliphatic heterocycles. The summed E-state index contributed by atoms with van der Waals surface area (Å²) in [5.41, 5.74) is 7.27. The first-order chi connectivity index (χ1) is 18.2. The van der Waals surface area contributed by atoms with Crippen LogP contribution in [0.15, 0.2) is 72.0 Å². The van der Waals surface area contributed by atoms with Gasteiger partial charge in [-0.25, -0.2) is 15.0 Å². The molecule has 1 aliphatic rings. The number of rotatable bonds is 8. The van der Waals surface area contributed by atoms with Crippen LogP contribution in [0.25, 0.3) is 31.7 Å². The molecular weight excluding hydrogens is 496 g/mol. The monoisotopic (exact) mass is 524 g/mol. The van der Waals surface area contributed by atoms with E-state index in [2.05, 4.69) is 70.7 Å². The van der Waals surface area contributed by atoms with Crippen LogP contribution in [0.2, 0.25) is 0 Å². The van der Waals surface area contributed by atoms with Crippen LogP contribution in [0.3, 0.4) is 0 Å². The number of nitrogens with zero attached hydrogens (tertiary/aromatic N) is 3. The molecule has 5 aromatic rings. The molecule has 0 saturated heterocycles. The van der Waals surface area contributed by atoms with Gasteiger partial charge in [0.1, 0.15) is 16.2 Å². The zero-order valence-electron chi connectivity index (χ0n) is 20.7. The molecule has 7 heteroatoms. The molecule has 0 bridgehead atoms. The van der Waals surface area contributed by atoms with Gasteiger partial charge in [0.05, 0.1) is 21.7 Å². The summed E-state index contributed by atoms with van der Waals surface area (Å²) in [5, 5.41) is 5.17. The number of aromatic nitrogens is 3. The van der Waals surface area contributed by atoms with Gasteiger partial charge in [-0.3, -0.25) is 4.79 Å². The third-order valence-corrected chi connectivity index (χ3v) is 9.14. The molecule has 0 saturated carbocycles. The Hall–Kier alpha value is -3.29. The van der Waals surface area contributed by atoms with Crippen molar-refractivity contribution in [2.24, 2.45) is 0 Å². The average Bonchev–Trinajstić information content (AvgIpc) is 3.56. The maximum absolute atomic E-state index is 12.7. The predicted molar refractivity (Wildman–Crippen MR) is 153 cm³/mol. The summed E-state index contributed by atoms with van der Waals surface area (Å²) >= 11 is 3.13. The summed E-state index contributed by atoms with van der Waals surface area (Å²) in [7, 11) is 0. The minimum Gasteiger partial charge on any atom is -0.353 e. The van der Waals surface area contributed by atoms with Gasteiger partial charge in [0.2, 0.25) is 5.91 Å². The maximum Gasteiger partial charge on any atom is 0.230 e. The topological polar surface area (TPSA) is 67.8 Å². The molecule has 1 amide bonds. The number of benzene rings is 2. The maximum atomic E-state index is 12.7. The van der Waals surface area contributed by atoms with Crippen LogP contribution >= 0.6 is 23.1 Å². The second-order valence-corrected chi connectivity index (χ2v) is 11.5. The van der Waals surface area contributed by atoms with E-state index < -0.39 is 0 Å². The molecular formula is C30H28N4OS2. The molecule has 37 heavy (non-hydrogen) atoms. The highest BCUT2D eigenvalue weighted by molar-refractivity contribution is 8.00. The Morgan fingerprint density at radius 3 is 2.59 bits per heavy atom. The van der Waals surface area contributed by atoms with Gasteiger partial charge in [0.15, 0.2) is 0 Å². The molecule has 0 radical (unpaired) electrons. The highest BCUT2D eigenvalue weighted by Gasteiger charge is 2.25. The molecule has 5 nitrogen and oxygen atoms in total. The molecule has 186 valence electrons. The number of pyridine rings is 1. The normalized spacial score (nSPS) is 13.6. The van der Waals surface area contributed by atoms with Crippen molar-refractivity contribution in [1.29, 1.82) is 0 Å². The minimum absolute atomic E-state index is 0.0313. The third kappa shape index (κ3) is 4.98. The summed E-state index contributed by atoms with van der Waals surface area (Å²) in [5.74, 6) is 0.362. The van der Waals surface area contributed by atoms with Crippen LogP contribution < -0.4 is 5.32 Å². The fourth-order valence-electron chi connectivity index (χ4n) is 5.17. The van der Waals surface area contributed by atoms with Gasteiger partial charge >= 0.3 is 0 Å². The molecule has 1 unspecified atom stereocenters. The van der Waals surface area contributed by atoms with Gasteiger partial charge < -0.3 is 5.32 Å². The van der Waals surface area contributed by atoms with Crippen LogP contribution in [0.1, 0.15) is 36.5 Å². The van der Waals surface area contributed by atoms with Crippen molar-refractivity contribution in [1.82, 2.24) is 20.3 Å². The van der Waals surface area contributed by atoms with Crippen molar-refractivity contribution in [3.05, 3.63) is 83.7 Å². The van der Waals surface area contributed by atoms with Gasteiger partial charge in [0, 0.05) is 17.0 Å². The first kappa shape index (κ1) is 24.1. The molecule has 6 rings (SSSR count). The van der Waals surface area contributed by atoms with E-state index in [1.54, 1.807) is 17.7 Å². The summed E-state index contributed by atoms with van der Waals surface area (Å²) in [6.45, 7) is 2.07. The number of thiophene rings is 1. The van der Waals surface area contributed by atoms with Crippen LogP contribution in [0, 0.1) is 0 Å². The Balaban J connectivity index is 1.22. The highest BCUT2D eigenvalue weighted by atomic mass is 32.2. The molecule has 2 aromatic carbocycles. The van der Waals surface area contributed by atoms with Crippen LogP contribution in [0.5, 0.6) is 0 Å². The Labute approximate surface area is 224 Å². The van der Waals surface area contributed by atoms with E-state index in [0.29, 0.717) is 5.75 Å². The zero-order valence-corrected chi connectivity index (χ0v) is 22.4. The van der Waals surface area contributed by atoms with Gasteiger partial charge in [-0.15, -0.1) is 11.3 Å². The molecule has 1 aliphatic carbocycles. The summed E-state index contributed by atoms with van der Waals surface area (Å²) in [4.78, 5) is 28.1. The molecule has 3 aromatic heterocycles. The van der Waals surface area contributed by atoms with Crippen LogP contribution in [0.4, 0.5) is 0 Å². The number of nitrogens with one attached hydrogen (secondary N) is 1. The van der Waals surface area contributed by atoms with Crippen molar-refractivity contribution in [2.75, 3.05) is 5.75 Å². The van der Waals surface area contributed by atoms with Crippen molar-refractivity contribution in [3.8, 4) is 11.3 Å². The summed E-state index contributed by atoms with van der Waals surface area (Å²) in [6.07, 6.45) is 6.73. The zero-order chi connectivity index (χ0) is 25.2. The molecule has 3 heterocycles. The van der Waals surface area contributed by atoms with Gasteiger partial charge in [-0.05, 0) is 55.7 Å². The lowest BCUT2D eigenvalue weighted by Gasteiger charge is -2.13. The van der Waals surface area contributed by atoms with Crippen LogP contribution in [-0.2, 0) is 24.1 Å². The summed E-state index contributed by atoms with van der Waals surface area (Å²) < 4.78 is 1.03. The van der Waals surface area contributed by atoms with E-state index >= 15 is 0 Å². The second kappa shape index (κ2) is 10.6. The average molecular weight is 525 g/mol. The Morgan fingerprint density at radius 1 is 1.03 bits per heavy atom. The fraction of sp³-hybridized carbons (Fsp3) is 0.267. The molecule has 0 fully saturated rings. The second-order valence-electron chi connectivity index (χ2n) is 9.56. The summed E-state index contributed by atoms with van der Waals surface area (Å²) in [6, 6.07) is 21.0. The highest BCUT2D eigenvalue weighted by Crippen LogP contribution is 2.43. The van der Waals surface area contributed by atoms with E-state index in [1.807, 2.05) is 12.1 Å². The fourth-order valence-corrected chi connectivity index (χ4v) is 7.21. The molecule has 1 N–H and O–H groups in total. The number of carbonyl (C=O) groups excluding carboxylic acids is 1. The van der Waals surface area contributed by atoms with E-state index in [0.717, 1.165) is 57.9 Å². The van der Waals surface area contributed by atoms with Gasteiger partial charge in [-0.1, -0.05) is 72.4 Å². The van der Waals surface area contributed by atoms with Crippen molar-refractivity contribution in [2.45, 2.75) is 50.1 Å². The number of hydrogen-bond acceptors (Lipinski definition) is 6. The smallest absolute Gasteiger partial charge is 0.230 e. The van der Waals surface area contributed by atoms with Crippen molar-refractivity contribution in [3.63, 3.8) is 0 Å². The standard InChI is InChI=1S/C30H28N4OS2/c1-19(15-16-20-9-4-2-5-10-20)33-24(35)17-36-30-28-27(31-18-32-30)25-22-13-8-14-23(22)26(34-29(25)37-28)21-11-6-3-7-12-21/h2-7,9-12,18-19H,8,13-17H2,1H3,(H,33,35). The van der Waals surface area contributed by atoms with E-state index in [4.69, 9.17) is 4.98 Å². The number of aryl methyl sites for hydroxylation is 2. The van der Waals surface area contributed by atoms with Crippen molar-refractivity contribution >= 4 is 49.4 Å². The van der Waals surface area contributed by atoms with E-state index in [-0.39, 0.29) is 11.9 Å². The Morgan fingerprint density at radius 2 is 1.78 bits per heavy atom. The number of fused-ring (bicyclic) bond motifs is 5. The SMILES string of the molecule is CC(CCc1ccccc1)NC(=O)CSc1ncnc2c1sc1nc(-c3ccccc3)c3c(c12)CCC3. The number of hydrogen-bond donors (Lipinski definition) is 1. The molecule has 0 spiro atoms. The minimum atomic E-state index is 0.0313.